The molecule has 0 amide bonds. The zero-order valence-corrected chi connectivity index (χ0v) is 13.4. The molecule has 5 heteroatoms. The van der Waals surface area contributed by atoms with E-state index in [0.717, 1.165) is 21.3 Å². The highest BCUT2D eigenvalue weighted by Gasteiger charge is 2.22. The molecule has 0 radical (unpaired) electrons. The maximum atomic E-state index is 6.25. The van der Waals surface area contributed by atoms with E-state index in [1.807, 2.05) is 6.07 Å². The van der Waals surface area contributed by atoms with Crippen LogP contribution in [0.15, 0.2) is 18.2 Å². The molecular formula is C15H16Cl2N2S. The Hall–Kier alpha value is -0.770. The van der Waals surface area contributed by atoms with Gasteiger partial charge in [-0.15, -0.1) is 11.3 Å². The fraction of sp³-hybridized carbons (Fsp3) is 0.400. The Balaban J connectivity index is 1.98. The number of aromatic nitrogens is 1. The summed E-state index contributed by atoms with van der Waals surface area (Å²) < 4.78 is 0. The lowest BCUT2D eigenvalue weighted by atomic mass is 9.90. The summed E-state index contributed by atoms with van der Waals surface area (Å²) in [7, 11) is 0. The van der Waals surface area contributed by atoms with Gasteiger partial charge in [-0.1, -0.05) is 42.5 Å². The second kappa shape index (κ2) is 5.92. The van der Waals surface area contributed by atoms with E-state index in [1.54, 1.807) is 23.5 Å². The molecular weight excluding hydrogens is 311 g/mol. The number of benzene rings is 1. The Morgan fingerprint density at radius 1 is 1.15 bits per heavy atom. The normalized spacial score (nSPS) is 16.5. The van der Waals surface area contributed by atoms with Crippen molar-refractivity contribution in [1.82, 2.24) is 4.98 Å². The van der Waals surface area contributed by atoms with Crippen molar-refractivity contribution in [3.8, 4) is 11.3 Å². The fourth-order valence-electron chi connectivity index (χ4n) is 2.75. The molecule has 1 saturated carbocycles. The quantitative estimate of drug-likeness (QED) is 0.763. The highest BCUT2D eigenvalue weighted by atomic mass is 35.5. The lowest BCUT2D eigenvalue weighted by molar-refractivity contribution is 0.442. The van der Waals surface area contributed by atoms with Gasteiger partial charge in [0.2, 0.25) is 0 Å². The van der Waals surface area contributed by atoms with E-state index >= 15 is 0 Å². The summed E-state index contributed by atoms with van der Waals surface area (Å²) >= 11 is 13.9. The molecule has 1 heterocycles. The van der Waals surface area contributed by atoms with Crippen molar-refractivity contribution in [2.45, 2.75) is 38.0 Å². The van der Waals surface area contributed by atoms with Crippen molar-refractivity contribution in [2.24, 2.45) is 0 Å². The smallest absolute Gasteiger partial charge is 0.114 e. The monoisotopic (exact) mass is 326 g/mol. The van der Waals surface area contributed by atoms with Crippen LogP contribution in [0.4, 0.5) is 5.00 Å². The Morgan fingerprint density at radius 2 is 1.90 bits per heavy atom. The van der Waals surface area contributed by atoms with Crippen LogP contribution in [0.5, 0.6) is 0 Å². The Bertz CT molecular complexity index is 618. The molecule has 0 aliphatic heterocycles. The number of hydrogen-bond acceptors (Lipinski definition) is 3. The van der Waals surface area contributed by atoms with Crippen molar-refractivity contribution in [2.75, 3.05) is 5.73 Å². The first-order valence-electron chi connectivity index (χ1n) is 6.87. The van der Waals surface area contributed by atoms with E-state index < -0.39 is 0 Å². The standard InChI is InChI=1S/C15H16Cl2N2S/c16-10-6-7-12(17)11(8-10)13-14(18)20-15(19-13)9-4-2-1-3-5-9/h6-9H,1-5,18H2. The molecule has 1 aromatic heterocycles. The Kier molecular flexibility index (Phi) is 4.20. The predicted octanol–water partition coefficient (Wildman–Crippen LogP) is 5.75. The lowest BCUT2D eigenvalue weighted by Gasteiger charge is -2.18. The third-order valence-corrected chi connectivity index (χ3v) is 5.42. The number of nitrogen functional groups attached to an aromatic ring is 1. The first kappa shape index (κ1) is 14.2. The van der Waals surface area contributed by atoms with Gasteiger partial charge in [0, 0.05) is 16.5 Å². The molecule has 1 aliphatic rings. The zero-order chi connectivity index (χ0) is 14.1. The van der Waals surface area contributed by atoms with Gasteiger partial charge in [-0.2, -0.15) is 0 Å². The first-order valence-corrected chi connectivity index (χ1v) is 8.44. The number of anilines is 1. The molecule has 0 unspecified atom stereocenters. The third-order valence-electron chi connectivity index (χ3n) is 3.81. The van der Waals surface area contributed by atoms with Crippen molar-refractivity contribution in [3.05, 3.63) is 33.3 Å². The summed E-state index contributed by atoms with van der Waals surface area (Å²) in [5, 5.41) is 3.17. The van der Waals surface area contributed by atoms with Crippen LogP contribution in [-0.4, -0.2) is 4.98 Å². The second-order valence-corrected chi connectivity index (χ2v) is 7.13. The molecule has 2 nitrogen and oxygen atoms in total. The van der Waals surface area contributed by atoms with Crippen molar-refractivity contribution >= 4 is 39.5 Å². The van der Waals surface area contributed by atoms with E-state index in [4.69, 9.17) is 33.9 Å². The van der Waals surface area contributed by atoms with Gasteiger partial charge in [0.25, 0.3) is 0 Å². The molecule has 1 aromatic carbocycles. The van der Waals surface area contributed by atoms with Crippen molar-refractivity contribution in [1.29, 1.82) is 0 Å². The third kappa shape index (κ3) is 2.80. The van der Waals surface area contributed by atoms with Crippen LogP contribution in [0.25, 0.3) is 11.3 Å². The number of nitrogens with two attached hydrogens (primary N) is 1. The molecule has 1 aliphatic carbocycles. The minimum Gasteiger partial charge on any atom is -0.389 e. The summed E-state index contributed by atoms with van der Waals surface area (Å²) in [6.45, 7) is 0. The van der Waals surface area contributed by atoms with Crippen LogP contribution in [0.3, 0.4) is 0 Å². The van der Waals surface area contributed by atoms with Gasteiger partial charge in [0.1, 0.15) is 10.7 Å². The lowest BCUT2D eigenvalue weighted by Crippen LogP contribution is -2.03. The van der Waals surface area contributed by atoms with E-state index in [-0.39, 0.29) is 0 Å². The van der Waals surface area contributed by atoms with Crippen LogP contribution in [-0.2, 0) is 0 Å². The van der Waals surface area contributed by atoms with Gasteiger partial charge in [-0.3, -0.25) is 0 Å². The topological polar surface area (TPSA) is 38.9 Å². The van der Waals surface area contributed by atoms with E-state index in [1.165, 1.54) is 32.1 Å². The summed E-state index contributed by atoms with van der Waals surface area (Å²) in [5.41, 5.74) is 7.76. The van der Waals surface area contributed by atoms with Gasteiger partial charge in [0.05, 0.1) is 10.0 Å². The molecule has 0 atom stereocenters. The van der Waals surface area contributed by atoms with Gasteiger partial charge >= 0.3 is 0 Å². The number of rotatable bonds is 2. The zero-order valence-electron chi connectivity index (χ0n) is 11.0. The first-order chi connectivity index (χ1) is 9.65. The maximum Gasteiger partial charge on any atom is 0.114 e. The summed E-state index contributed by atoms with van der Waals surface area (Å²) in [5.74, 6) is 0.558. The van der Waals surface area contributed by atoms with Gasteiger partial charge in [0.15, 0.2) is 0 Å². The Morgan fingerprint density at radius 3 is 2.65 bits per heavy atom. The summed E-state index contributed by atoms with van der Waals surface area (Å²) in [4.78, 5) is 4.76. The van der Waals surface area contributed by atoms with Gasteiger partial charge in [-0.25, -0.2) is 4.98 Å². The minimum atomic E-state index is 0.558. The number of hydrogen-bond donors (Lipinski definition) is 1. The largest absolute Gasteiger partial charge is 0.389 e. The highest BCUT2D eigenvalue weighted by Crippen LogP contribution is 2.41. The molecule has 2 aromatic rings. The number of halogens is 2. The van der Waals surface area contributed by atoms with Crippen LogP contribution in [0.2, 0.25) is 10.0 Å². The number of nitrogens with zero attached hydrogens (tertiary/aromatic N) is 1. The van der Waals surface area contributed by atoms with Gasteiger partial charge < -0.3 is 5.73 Å². The van der Waals surface area contributed by atoms with Crippen molar-refractivity contribution in [3.63, 3.8) is 0 Å². The molecule has 0 spiro atoms. The molecule has 3 rings (SSSR count). The fourth-order valence-corrected chi connectivity index (χ4v) is 4.14. The molecule has 0 bridgehead atoms. The summed E-state index contributed by atoms with van der Waals surface area (Å²) in [6.07, 6.45) is 6.35. The predicted molar refractivity (Wildman–Crippen MR) is 87.8 cm³/mol. The van der Waals surface area contributed by atoms with E-state index in [0.29, 0.717) is 16.0 Å². The van der Waals surface area contributed by atoms with E-state index in [9.17, 15) is 0 Å². The SMILES string of the molecule is Nc1sc(C2CCCCC2)nc1-c1cc(Cl)ccc1Cl. The minimum absolute atomic E-state index is 0.558. The molecule has 0 saturated heterocycles. The van der Waals surface area contributed by atoms with Crippen LogP contribution >= 0.6 is 34.5 Å². The number of thiazole rings is 1. The summed E-state index contributed by atoms with van der Waals surface area (Å²) in [6, 6.07) is 5.40. The second-order valence-electron chi connectivity index (χ2n) is 5.22. The van der Waals surface area contributed by atoms with Crippen LogP contribution in [0.1, 0.15) is 43.0 Å². The molecule has 20 heavy (non-hydrogen) atoms. The van der Waals surface area contributed by atoms with Crippen molar-refractivity contribution < 1.29 is 0 Å². The van der Waals surface area contributed by atoms with E-state index in [2.05, 4.69) is 0 Å². The van der Waals surface area contributed by atoms with Crippen LogP contribution in [0, 0.1) is 0 Å². The maximum absolute atomic E-state index is 6.25. The average molecular weight is 327 g/mol. The Labute approximate surface area is 132 Å². The van der Waals surface area contributed by atoms with Gasteiger partial charge in [-0.05, 0) is 31.0 Å². The average Bonchev–Trinajstić information content (AvgIpc) is 2.84. The molecule has 1 fully saturated rings. The molecule has 106 valence electrons. The van der Waals surface area contributed by atoms with Crippen LogP contribution < -0.4 is 5.73 Å². The molecule has 2 N–H and O–H groups in total. The highest BCUT2D eigenvalue weighted by molar-refractivity contribution is 7.16.